The number of carboxylic acid groups (broad SMARTS) is 1. The quantitative estimate of drug-likeness (QED) is 0.629. The Bertz CT molecular complexity index is 433. The number of anilines is 1. The minimum atomic E-state index is -0.702. The number of hydrogen-bond acceptors (Lipinski definition) is 5. The van der Waals surface area contributed by atoms with Crippen molar-refractivity contribution in [3.05, 3.63) is 12.4 Å². The molecule has 0 amide bonds. The number of carboxylic acids is 1. The maximum Gasteiger partial charge on any atom is 0.311 e. The van der Waals surface area contributed by atoms with Gasteiger partial charge in [-0.3, -0.25) is 4.79 Å². The Hall–Kier alpha value is -1.30. The van der Waals surface area contributed by atoms with Crippen molar-refractivity contribution >= 4 is 23.5 Å². The standard InChI is InChI=1S/C12H17N3O2S/c1-18-10-6-9(14-8-15-10)13-7-12(11(16)17)4-2-3-5-12/h6,8H,2-5,7H2,1H3,(H,16,17)(H,13,14,15). The lowest BCUT2D eigenvalue weighted by molar-refractivity contribution is -0.147. The summed E-state index contributed by atoms with van der Waals surface area (Å²) in [5, 5.41) is 13.4. The van der Waals surface area contributed by atoms with Gasteiger partial charge in [0.15, 0.2) is 0 Å². The number of rotatable bonds is 5. The molecule has 0 atom stereocenters. The predicted octanol–water partition coefficient (Wildman–Crippen LogP) is 2.26. The fraction of sp³-hybridized carbons (Fsp3) is 0.583. The third-order valence-electron chi connectivity index (χ3n) is 3.47. The zero-order chi connectivity index (χ0) is 13.0. The summed E-state index contributed by atoms with van der Waals surface area (Å²) in [5.74, 6) is -0.00600. The summed E-state index contributed by atoms with van der Waals surface area (Å²) in [7, 11) is 0. The second kappa shape index (κ2) is 5.56. The van der Waals surface area contributed by atoms with E-state index in [1.807, 2.05) is 12.3 Å². The van der Waals surface area contributed by atoms with Crippen LogP contribution in [0.2, 0.25) is 0 Å². The molecule has 5 nitrogen and oxygen atoms in total. The molecule has 0 bridgehead atoms. The average Bonchev–Trinajstić information content (AvgIpc) is 2.87. The monoisotopic (exact) mass is 267 g/mol. The van der Waals surface area contributed by atoms with Gasteiger partial charge in [-0.15, -0.1) is 11.8 Å². The molecule has 0 spiro atoms. The number of aliphatic carboxylic acids is 1. The van der Waals surface area contributed by atoms with Crippen LogP contribution >= 0.6 is 11.8 Å². The van der Waals surface area contributed by atoms with E-state index in [0.29, 0.717) is 12.4 Å². The number of carbonyl (C=O) groups is 1. The molecule has 6 heteroatoms. The molecule has 0 aromatic carbocycles. The van der Waals surface area contributed by atoms with Crippen molar-refractivity contribution < 1.29 is 9.90 Å². The molecule has 1 saturated carbocycles. The van der Waals surface area contributed by atoms with Gasteiger partial charge < -0.3 is 10.4 Å². The van der Waals surface area contributed by atoms with E-state index in [1.54, 1.807) is 0 Å². The second-order valence-corrected chi connectivity index (χ2v) is 5.42. The lowest BCUT2D eigenvalue weighted by atomic mass is 9.86. The van der Waals surface area contributed by atoms with Gasteiger partial charge in [-0.2, -0.15) is 0 Å². The van der Waals surface area contributed by atoms with Gasteiger partial charge in [0.1, 0.15) is 17.2 Å². The highest BCUT2D eigenvalue weighted by Crippen LogP contribution is 2.38. The summed E-state index contributed by atoms with van der Waals surface area (Å²) in [6.45, 7) is 0.438. The van der Waals surface area contributed by atoms with Crippen molar-refractivity contribution in [1.29, 1.82) is 0 Å². The Balaban J connectivity index is 2.03. The Morgan fingerprint density at radius 3 is 2.83 bits per heavy atom. The molecule has 1 fully saturated rings. The first kappa shape index (κ1) is 13.1. The maximum atomic E-state index is 11.4. The van der Waals surface area contributed by atoms with Gasteiger partial charge in [0.2, 0.25) is 0 Å². The highest BCUT2D eigenvalue weighted by Gasteiger charge is 2.41. The van der Waals surface area contributed by atoms with E-state index in [2.05, 4.69) is 15.3 Å². The van der Waals surface area contributed by atoms with Crippen LogP contribution in [0.15, 0.2) is 17.4 Å². The normalized spacial score (nSPS) is 17.6. The minimum Gasteiger partial charge on any atom is -0.481 e. The molecule has 1 aromatic rings. The summed E-state index contributed by atoms with van der Waals surface area (Å²) in [6, 6.07) is 1.84. The van der Waals surface area contributed by atoms with Crippen LogP contribution in [0.4, 0.5) is 5.82 Å². The SMILES string of the molecule is CSc1cc(NCC2(C(=O)O)CCCC2)ncn1. The smallest absolute Gasteiger partial charge is 0.311 e. The molecule has 18 heavy (non-hydrogen) atoms. The summed E-state index contributed by atoms with van der Waals surface area (Å²) in [5.41, 5.74) is -0.621. The number of aromatic nitrogens is 2. The summed E-state index contributed by atoms with van der Waals surface area (Å²) in [4.78, 5) is 19.6. The third-order valence-corrected chi connectivity index (χ3v) is 4.11. The van der Waals surface area contributed by atoms with Gasteiger partial charge in [0.25, 0.3) is 0 Å². The fourth-order valence-corrected chi connectivity index (χ4v) is 2.71. The molecular weight excluding hydrogens is 250 g/mol. The van der Waals surface area contributed by atoms with Crippen LogP contribution in [-0.2, 0) is 4.79 Å². The molecule has 1 aliphatic carbocycles. The number of thioether (sulfide) groups is 1. The van der Waals surface area contributed by atoms with Crippen LogP contribution in [0.5, 0.6) is 0 Å². The largest absolute Gasteiger partial charge is 0.481 e. The predicted molar refractivity (Wildman–Crippen MR) is 70.8 cm³/mol. The average molecular weight is 267 g/mol. The molecule has 1 aromatic heterocycles. The number of hydrogen-bond donors (Lipinski definition) is 2. The molecule has 1 aliphatic rings. The van der Waals surface area contributed by atoms with Crippen LogP contribution < -0.4 is 5.32 Å². The van der Waals surface area contributed by atoms with E-state index >= 15 is 0 Å². The van der Waals surface area contributed by atoms with E-state index in [1.165, 1.54) is 18.1 Å². The van der Waals surface area contributed by atoms with Crippen molar-refractivity contribution in [2.24, 2.45) is 5.41 Å². The minimum absolute atomic E-state index is 0.438. The van der Waals surface area contributed by atoms with Crippen LogP contribution in [0.1, 0.15) is 25.7 Å². The zero-order valence-electron chi connectivity index (χ0n) is 10.3. The van der Waals surface area contributed by atoms with Gasteiger partial charge in [-0.1, -0.05) is 12.8 Å². The molecule has 98 valence electrons. The molecule has 0 aliphatic heterocycles. The van der Waals surface area contributed by atoms with Crippen molar-refractivity contribution in [2.75, 3.05) is 18.1 Å². The molecule has 0 unspecified atom stereocenters. The van der Waals surface area contributed by atoms with Crippen molar-refractivity contribution in [3.8, 4) is 0 Å². The Morgan fingerprint density at radius 2 is 2.22 bits per heavy atom. The first-order chi connectivity index (χ1) is 8.66. The molecule has 0 saturated heterocycles. The number of nitrogens with zero attached hydrogens (tertiary/aromatic N) is 2. The molecule has 0 radical (unpaired) electrons. The van der Waals surface area contributed by atoms with E-state index in [0.717, 1.165) is 30.7 Å². The summed E-state index contributed by atoms with van der Waals surface area (Å²) in [6.07, 6.45) is 6.92. The maximum absolute atomic E-state index is 11.4. The first-order valence-corrected chi connectivity index (χ1v) is 7.22. The van der Waals surface area contributed by atoms with E-state index in [9.17, 15) is 9.90 Å². The first-order valence-electron chi connectivity index (χ1n) is 6.00. The molecule has 1 heterocycles. The van der Waals surface area contributed by atoms with Gasteiger partial charge in [0, 0.05) is 12.6 Å². The fourth-order valence-electron chi connectivity index (χ4n) is 2.33. The topological polar surface area (TPSA) is 75.1 Å². The lowest BCUT2D eigenvalue weighted by Gasteiger charge is -2.24. The zero-order valence-corrected chi connectivity index (χ0v) is 11.2. The van der Waals surface area contributed by atoms with E-state index < -0.39 is 11.4 Å². The van der Waals surface area contributed by atoms with E-state index in [-0.39, 0.29) is 0 Å². The van der Waals surface area contributed by atoms with Crippen molar-refractivity contribution in [1.82, 2.24) is 9.97 Å². The number of nitrogens with one attached hydrogen (secondary N) is 1. The molecule has 2 N–H and O–H groups in total. The van der Waals surface area contributed by atoms with Gasteiger partial charge in [-0.25, -0.2) is 9.97 Å². The lowest BCUT2D eigenvalue weighted by Crippen LogP contribution is -2.35. The third kappa shape index (κ3) is 2.75. The highest BCUT2D eigenvalue weighted by atomic mass is 32.2. The van der Waals surface area contributed by atoms with E-state index in [4.69, 9.17) is 0 Å². The van der Waals surface area contributed by atoms with Crippen molar-refractivity contribution in [3.63, 3.8) is 0 Å². The van der Waals surface area contributed by atoms with Gasteiger partial charge in [0.05, 0.1) is 5.41 Å². The van der Waals surface area contributed by atoms with Crippen LogP contribution in [-0.4, -0.2) is 33.8 Å². The second-order valence-electron chi connectivity index (χ2n) is 4.59. The van der Waals surface area contributed by atoms with Crippen LogP contribution in [0.25, 0.3) is 0 Å². The highest BCUT2D eigenvalue weighted by molar-refractivity contribution is 7.98. The van der Waals surface area contributed by atoms with Crippen molar-refractivity contribution in [2.45, 2.75) is 30.7 Å². The molecule has 2 rings (SSSR count). The summed E-state index contributed by atoms with van der Waals surface area (Å²) >= 11 is 1.54. The van der Waals surface area contributed by atoms with Crippen LogP contribution in [0, 0.1) is 5.41 Å². The van der Waals surface area contributed by atoms with Gasteiger partial charge >= 0.3 is 5.97 Å². The van der Waals surface area contributed by atoms with Crippen LogP contribution in [0.3, 0.4) is 0 Å². The molecular formula is C12H17N3O2S. The van der Waals surface area contributed by atoms with Gasteiger partial charge in [-0.05, 0) is 19.1 Å². The Morgan fingerprint density at radius 1 is 1.50 bits per heavy atom. The Labute approximate surface area is 110 Å². The Kier molecular flexibility index (Phi) is 4.06. The summed E-state index contributed by atoms with van der Waals surface area (Å²) < 4.78 is 0.